The molecule has 0 aromatic rings. The first-order chi connectivity index (χ1) is 10.1. The lowest BCUT2D eigenvalue weighted by Gasteiger charge is -2.42. The third kappa shape index (κ3) is 7.05. The highest BCUT2D eigenvalue weighted by Crippen LogP contribution is 2.51. The Balaban J connectivity index is 0.000000166. The van der Waals surface area contributed by atoms with Crippen molar-refractivity contribution in [3.05, 3.63) is 0 Å². The molecule has 0 bridgehead atoms. The number of hydrogen-bond acceptors (Lipinski definition) is 0. The first-order valence-electron chi connectivity index (χ1n) is 10.1. The molecule has 132 valence electrons. The van der Waals surface area contributed by atoms with E-state index in [2.05, 4.69) is 55.4 Å². The Morgan fingerprint density at radius 2 is 1.14 bits per heavy atom. The summed E-state index contributed by atoms with van der Waals surface area (Å²) >= 11 is 0. The summed E-state index contributed by atoms with van der Waals surface area (Å²) in [5.74, 6) is 3.87. The molecule has 0 heteroatoms. The Kier molecular flexibility index (Phi) is 7.47. The molecular formula is C22H44. The van der Waals surface area contributed by atoms with Crippen molar-refractivity contribution in [3.8, 4) is 0 Å². The Bertz CT molecular complexity index is 298. The van der Waals surface area contributed by atoms with Crippen molar-refractivity contribution >= 4 is 0 Å². The number of rotatable bonds is 4. The van der Waals surface area contributed by atoms with Gasteiger partial charge in [-0.05, 0) is 66.6 Å². The third-order valence-electron chi connectivity index (χ3n) is 6.82. The predicted molar refractivity (Wildman–Crippen MR) is 101 cm³/mol. The lowest BCUT2D eigenvalue weighted by atomic mass is 9.64. The van der Waals surface area contributed by atoms with Crippen LogP contribution in [0, 0.1) is 34.5 Å². The molecule has 0 saturated heterocycles. The van der Waals surface area contributed by atoms with Gasteiger partial charge in [-0.15, -0.1) is 0 Å². The van der Waals surface area contributed by atoms with Crippen molar-refractivity contribution in [3.63, 3.8) is 0 Å². The maximum Gasteiger partial charge on any atom is -0.0302 e. The summed E-state index contributed by atoms with van der Waals surface area (Å²) in [6.45, 7) is 18.7. The van der Waals surface area contributed by atoms with E-state index in [-0.39, 0.29) is 0 Å². The van der Waals surface area contributed by atoms with Gasteiger partial charge in [0, 0.05) is 0 Å². The monoisotopic (exact) mass is 308 g/mol. The molecule has 0 unspecified atom stereocenters. The van der Waals surface area contributed by atoms with Crippen LogP contribution >= 0.6 is 0 Å². The molecular weight excluding hydrogens is 264 g/mol. The van der Waals surface area contributed by atoms with Crippen LogP contribution in [0.2, 0.25) is 0 Å². The van der Waals surface area contributed by atoms with Crippen molar-refractivity contribution in [1.29, 1.82) is 0 Å². The molecule has 3 fully saturated rings. The standard InChI is InChI=1S/C8H16.2C7H14/c1-7(2)8(3)5-4-6-8;1-6(2)7(3)4-5-7;1-6(2)5-7-3-4-7/h7H,4-6H2,1-3H3;6H,4-5H2,1-3H3;6-7H,3-5H2,1-2H3. The average molecular weight is 309 g/mol. The van der Waals surface area contributed by atoms with Gasteiger partial charge in [-0.2, -0.15) is 0 Å². The van der Waals surface area contributed by atoms with Crippen LogP contribution in [0.3, 0.4) is 0 Å². The summed E-state index contributed by atoms with van der Waals surface area (Å²) in [7, 11) is 0. The van der Waals surface area contributed by atoms with Crippen LogP contribution in [-0.2, 0) is 0 Å². The molecule has 3 rings (SSSR count). The molecule has 22 heavy (non-hydrogen) atoms. The predicted octanol–water partition coefficient (Wildman–Crippen LogP) is 7.72. The SMILES string of the molecule is CC(C)C1(C)CC1.CC(C)C1(C)CCC1.CC(C)CC1CC1. The van der Waals surface area contributed by atoms with Crippen LogP contribution in [0.25, 0.3) is 0 Å². The quantitative estimate of drug-likeness (QED) is 0.498. The van der Waals surface area contributed by atoms with Crippen molar-refractivity contribution in [2.24, 2.45) is 34.5 Å². The van der Waals surface area contributed by atoms with E-state index in [1.165, 1.54) is 51.4 Å². The summed E-state index contributed by atoms with van der Waals surface area (Å²) in [6.07, 6.45) is 11.8. The molecule has 0 atom stereocenters. The lowest BCUT2D eigenvalue weighted by Crippen LogP contribution is -2.30. The Morgan fingerprint density at radius 1 is 0.727 bits per heavy atom. The largest absolute Gasteiger partial charge is 0.0628 e. The topological polar surface area (TPSA) is 0 Å². The Morgan fingerprint density at radius 3 is 1.18 bits per heavy atom. The summed E-state index contributed by atoms with van der Waals surface area (Å²) in [4.78, 5) is 0. The van der Waals surface area contributed by atoms with Crippen LogP contribution in [0.4, 0.5) is 0 Å². The zero-order valence-electron chi connectivity index (χ0n) is 17.0. The summed E-state index contributed by atoms with van der Waals surface area (Å²) in [5, 5.41) is 0. The van der Waals surface area contributed by atoms with Gasteiger partial charge in [0.05, 0.1) is 0 Å². The van der Waals surface area contributed by atoms with Crippen LogP contribution in [0.15, 0.2) is 0 Å². The minimum atomic E-state index is 0.722. The first kappa shape index (κ1) is 20.0. The zero-order valence-corrected chi connectivity index (χ0v) is 17.0. The maximum atomic E-state index is 2.40. The second kappa shape index (κ2) is 8.20. The smallest absolute Gasteiger partial charge is 0.0302 e. The Hall–Kier alpha value is 0. The van der Waals surface area contributed by atoms with E-state index in [0.29, 0.717) is 0 Å². The molecule has 3 aliphatic carbocycles. The van der Waals surface area contributed by atoms with Gasteiger partial charge in [0.2, 0.25) is 0 Å². The van der Waals surface area contributed by atoms with Gasteiger partial charge in [0.25, 0.3) is 0 Å². The molecule has 0 aromatic heterocycles. The van der Waals surface area contributed by atoms with Crippen LogP contribution < -0.4 is 0 Å². The fraction of sp³-hybridized carbons (Fsp3) is 1.00. The highest BCUT2D eigenvalue weighted by Gasteiger charge is 2.39. The van der Waals surface area contributed by atoms with Crippen LogP contribution in [0.5, 0.6) is 0 Å². The van der Waals surface area contributed by atoms with Crippen molar-refractivity contribution < 1.29 is 0 Å². The highest BCUT2D eigenvalue weighted by molar-refractivity contribution is 4.90. The van der Waals surface area contributed by atoms with E-state index < -0.39 is 0 Å². The van der Waals surface area contributed by atoms with E-state index in [0.717, 1.165) is 34.5 Å². The van der Waals surface area contributed by atoms with Crippen LogP contribution in [0.1, 0.15) is 107 Å². The fourth-order valence-corrected chi connectivity index (χ4v) is 3.11. The van der Waals surface area contributed by atoms with E-state index >= 15 is 0 Å². The van der Waals surface area contributed by atoms with Gasteiger partial charge in [0.1, 0.15) is 0 Å². The molecule has 0 spiro atoms. The highest BCUT2D eigenvalue weighted by atomic mass is 14.4. The van der Waals surface area contributed by atoms with Gasteiger partial charge < -0.3 is 0 Å². The zero-order chi connectivity index (χ0) is 17.0. The Labute approximate surface area is 141 Å². The van der Waals surface area contributed by atoms with Gasteiger partial charge in [-0.3, -0.25) is 0 Å². The van der Waals surface area contributed by atoms with Gasteiger partial charge in [-0.1, -0.05) is 74.7 Å². The van der Waals surface area contributed by atoms with E-state index in [1.54, 1.807) is 0 Å². The maximum absolute atomic E-state index is 2.40. The third-order valence-corrected chi connectivity index (χ3v) is 6.82. The molecule has 0 nitrogen and oxygen atoms in total. The van der Waals surface area contributed by atoms with Crippen molar-refractivity contribution in [2.75, 3.05) is 0 Å². The van der Waals surface area contributed by atoms with Gasteiger partial charge in [0.15, 0.2) is 0 Å². The van der Waals surface area contributed by atoms with E-state index in [4.69, 9.17) is 0 Å². The summed E-state index contributed by atoms with van der Waals surface area (Å²) in [6, 6.07) is 0. The fourth-order valence-electron chi connectivity index (χ4n) is 3.11. The summed E-state index contributed by atoms with van der Waals surface area (Å²) < 4.78 is 0. The van der Waals surface area contributed by atoms with Gasteiger partial charge in [-0.25, -0.2) is 0 Å². The average Bonchev–Trinajstić information content (AvgIpc) is 3.26. The van der Waals surface area contributed by atoms with Crippen molar-refractivity contribution in [2.45, 2.75) is 107 Å². The molecule has 3 saturated carbocycles. The van der Waals surface area contributed by atoms with Crippen LogP contribution in [-0.4, -0.2) is 0 Å². The van der Waals surface area contributed by atoms with E-state index in [1.807, 2.05) is 0 Å². The second-order valence-corrected chi connectivity index (χ2v) is 10.0. The minimum Gasteiger partial charge on any atom is -0.0628 e. The molecule has 0 amide bonds. The minimum absolute atomic E-state index is 0.722. The molecule has 0 aromatic carbocycles. The summed E-state index contributed by atoms with van der Waals surface area (Å²) in [5.41, 5.74) is 1.47. The molecule has 3 aliphatic rings. The molecule has 0 N–H and O–H groups in total. The second-order valence-electron chi connectivity index (χ2n) is 10.0. The first-order valence-corrected chi connectivity index (χ1v) is 10.1. The van der Waals surface area contributed by atoms with Crippen molar-refractivity contribution in [1.82, 2.24) is 0 Å². The van der Waals surface area contributed by atoms with Gasteiger partial charge >= 0.3 is 0 Å². The lowest BCUT2D eigenvalue weighted by molar-refractivity contribution is 0.0934. The normalized spacial score (nSPS) is 24.1. The van der Waals surface area contributed by atoms with E-state index in [9.17, 15) is 0 Å². The molecule has 0 aliphatic heterocycles. The molecule has 0 heterocycles. The molecule has 0 radical (unpaired) electrons. The number of hydrogen-bond donors (Lipinski definition) is 0.